The number of aromatic nitrogens is 1. The van der Waals surface area contributed by atoms with Crippen molar-refractivity contribution in [2.75, 3.05) is 31.4 Å². The van der Waals surface area contributed by atoms with E-state index in [1.165, 1.54) is 25.1 Å². The van der Waals surface area contributed by atoms with Crippen LogP contribution in [-0.4, -0.2) is 51.9 Å². The van der Waals surface area contributed by atoms with Crippen LogP contribution in [0.3, 0.4) is 0 Å². The number of amides is 1. The molecule has 2 atom stereocenters. The maximum absolute atomic E-state index is 14.6. The zero-order valence-corrected chi connectivity index (χ0v) is 21.5. The number of benzene rings is 1. The van der Waals surface area contributed by atoms with Gasteiger partial charge in [-0.3, -0.25) is 4.79 Å². The molecule has 1 aromatic carbocycles. The van der Waals surface area contributed by atoms with E-state index in [-0.39, 0.29) is 29.6 Å². The number of ether oxygens (including phenoxy) is 1. The fourth-order valence-corrected chi connectivity index (χ4v) is 4.76. The van der Waals surface area contributed by atoms with Crippen LogP contribution in [0.4, 0.5) is 23.4 Å². The molecule has 3 rings (SSSR count). The highest BCUT2D eigenvalue weighted by Gasteiger charge is 2.34. The number of piperidine rings is 1. The highest BCUT2D eigenvalue weighted by atomic mass is 32.2. The maximum atomic E-state index is 14.6. The minimum Gasteiger partial charge on any atom is -0.381 e. The first-order chi connectivity index (χ1) is 17.2. The summed E-state index contributed by atoms with van der Waals surface area (Å²) in [6.45, 7) is 2.34. The van der Waals surface area contributed by atoms with Crippen LogP contribution in [-0.2, 0) is 32.1 Å². The second-order valence-corrected chi connectivity index (χ2v) is 11.2. The Hall–Kier alpha value is -2.77. The summed E-state index contributed by atoms with van der Waals surface area (Å²) in [4.78, 5) is 18.4. The van der Waals surface area contributed by atoms with Crippen molar-refractivity contribution in [1.29, 1.82) is 0 Å². The van der Waals surface area contributed by atoms with Crippen molar-refractivity contribution in [3.63, 3.8) is 0 Å². The van der Waals surface area contributed by atoms with Crippen molar-refractivity contribution in [1.82, 2.24) is 10.3 Å². The SMILES string of the molecule is COC1CCN(c2nc(C(F)(F)F)ccc2CNC(=O)C(C)c2ccc(C(N)S(C)(=O)=O)c(F)c2)CC1. The van der Waals surface area contributed by atoms with Crippen molar-refractivity contribution < 1.29 is 35.5 Å². The maximum Gasteiger partial charge on any atom is 0.433 e. The van der Waals surface area contributed by atoms with E-state index in [1.54, 1.807) is 12.0 Å². The minimum atomic E-state index is -4.62. The summed E-state index contributed by atoms with van der Waals surface area (Å²) in [6.07, 6.45) is -2.45. The normalized spacial score (nSPS) is 16.9. The zero-order chi connectivity index (χ0) is 27.5. The number of anilines is 1. The van der Waals surface area contributed by atoms with Crippen molar-refractivity contribution in [3.05, 3.63) is 58.5 Å². The summed E-state index contributed by atoms with van der Waals surface area (Å²) in [5, 5.41) is 1.14. The third-order valence-electron chi connectivity index (χ3n) is 6.46. The molecule has 1 aliphatic heterocycles. The van der Waals surface area contributed by atoms with Gasteiger partial charge in [-0.2, -0.15) is 13.2 Å². The molecule has 1 fully saturated rings. The van der Waals surface area contributed by atoms with E-state index >= 15 is 0 Å². The second kappa shape index (κ2) is 11.3. The van der Waals surface area contributed by atoms with E-state index in [2.05, 4.69) is 10.3 Å². The Morgan fingerprint density at radius 2 is 1.89 bits per heavy atom. The highest BCUT2D eigenvalue weighted by molar-refractivity contribution is 7.90. The van der Waals surface area contributed by atoms with Gasteiger partial charge in [0.15, 0.2) is 9.84 Å². The first-order valence-electron chi connectivity index (χ1n) is 11.6. The fourth-order valence-electron chi connectivity index (χ4n) is 4.11. The number of nitrogens with zero attached hydrogens (tertiary/aromatic N) is 2. The molecule has 0 spiro atoms. The van der Waals surface area contributed by atoms with Crippen LogP contribution in [0.25, 0.3) is 0 Å². The van der Waals surface area contributed by atoms with Crippen molar-refractivity contribution in [3.8, 4) is 0 Å². The Kier molecular flexibility index (Phi) is 8.81. The fraction of sp³-hybridized carbons (Fsp3) is 0.500. The third kappa shape index (κ3) is 6.96. The number of pyridine rings is 1. The molecule has 2 aromatic rings. The van der Waals surface area contributed by atoms with Crippen molar-refractivity contribution in [2.24, 2.45) is 5.73 Å². The van der Waals surface area contributed by atoms with Gasteiger partial charge in [0.05, 0.1) is 12.0 Å². The van der Waals surface area contributed by atoms with Gasteiger partial charge in [-0.05, 0) is 37.5 Å². The molecule has 8 nitrogen and oxygen atoms in total. The van der Waals surface area contributed by atoms with Gasteiger partial charge in [0.1, 0.15) is 22.7 Å². The molecule has 2 unspecified atom stereocenters. The number of carbonyl (C=O) groups is 1. The molecular weight excluding hydrogens is 516 g/mol. The van der Waals surface area contributed by atoms with E-state index in [0.717, 1.165) is 18.4 Å². The Labute approximate surface area is 213 Å². The van der Waals surface area contributed by atoms with Gasteiger partial charge < -0.3 is 20.7 Å². The minimum absolute atomic E-state index is 0.0184. The van der Waals surface area contributed by atoms with Crippen LogP contribution >= 0.6 is 0 Å². The summed E-state index contributed by atoms with van der Waals surface area (Å²) < 4.78 is 83.2. The van der Waals surface area contributed by atoms with Crippen molar-refractivity contribution >= 4 is 21.6 Å². The molecular formula is C24H30F4N4O4S. The molecule has 13 heteroatoms. The van der Waals surface area contributed by atoms with Crippen LogP contribution in [0.5, 0.6) is 0 Å². The Bertz CT molecular complexity index is 1230. The summed E-state index contributed by atoms with van der Waals surface area (Å²) in [7, 11) is -2.14. The number of rotatable bonds is 8. The van der Waals surface area contributed by atoms with Crippen LogP contribution in [0.2, 0.25) is 0 Å². The molecule has 2 heterocycles. The molecule has 0 saturated carbocycles. The molecule has 0 aliphatic carbocycles. The van der Waals surface area contributed by atoms with Gasteiger partial charge >= 0.3 is 6.18 Å². The summed E-state index contributed by atoms with van der Waals surface area (Å²) >= 11 is 0. The number of hydrogen-bond donors (Lipinski definition) is 2. The predicted octanol–water partition coefficient (Wildman–Crippen LogP) is 3.28. The largest absolute Gasteiger partial charge is 0.433 e. The molecule has 0 bridgehead atoms. The topological polar surface area (TPSA) is 115 Å². The first-order valence-corrected chi connectivity index (χ1v) is 13.5. The number of nitrogens with one attached hydrogen (secondary N) is 1. The van der Waals surface area contributed by atoms with Gasteiger partial charge in [0, 0.05) is 44.1 Å². The van der Waals surface area contributed by atoms with E-state index in [1.807, 2.05) is 0 Å². The molecule has 1 saturated heterocycles. The molecule has 37 heavy (non-hydrogen) atoms. The van der Waals surface area contributed by atoms with Crippen LogP contribution in [0, 0.1) is 5.82 Å². The molecule has 1 amide bonds. The number of alkyl halides is 3. The standard InChI is InChI=1S/C24H30F4N4O4S/c1-14(15-4-6-18(19(25)12-15)21(29)37(3,34)35)23(33)30-13-16-5-7-20(24(26,27)28)31-22(16)32-10-8-17(36-2)9-11-32/h4-7,12,14,17,21H,8-11,13,29H2,1-3H3,(H,30,33). The summed E-state index contributed by atoms with van der Waals surface area (Å²) in [5.41, 5.74) is 5.06. The second-order valence-electron chi connectivity index (χ2n) is 9.07. The van der Waals surface area contributed by atoms with Gasteiger partial charge in [0.25, 0.3) is 0 Å². The summed E-state index contributed by atoms with van der Waals surface area (Å²) in [6, 6.07) is 5.85. The number of sulfone groups is 1. The van der Waals surface area contributed by atoms with Gasteiger partial charge in [-0.15, -0.1) is 0 Å². The molecule has 0 radical (unpaired) electrons. The average Bonchev–Trinajstić information content (AvgIpc) is 2.85. The van der Waals surface area contributed by atoms with Crippen LogP contribution in [0.1, 0.15) is 53.4 Å². The van der Waals surface area contributed by atoms with Crippen molar-refractivity contribution in [2.45, 2.75) is 49.9 Å². The lowest BCUT2D eigenvalue weighted by Gasteiger charge is -2.33. The number of methoxy groups -OCH3 is 1. The number of halogens is 4. The zero-order valence-electron chi connectivity index (χ0n) is 20.7. The van der Waals surface area contributed by atoms with E-state index in [4.69, 9.17) is 10.5 Å². The van der Waals surface area contributed by atoms with E-state index in [0.29, 0.717) is 31.5 Å². The first kappa shape index (κ1) is 28.8. The Morgan fingerprint density at radius 1 is 1.24 bits per heavy atom. The monoisotopic (exact) mass is 546 g/mol. The molecule has 3 N–H and O–H groups in total. The lowest BCUT2D eigenvalue weighted by atomic mass is 9.98. The highest BCUT2D eigenvalue weighted by Crippen LogP contribution is 2.32. The Morgan fingerprint density at radius 3 is 2.43 bits per heavy atom. The summed E-state index contributed by atoms with van der Waals surface area (Å²) in [5.74, 6) is -2.05. The lowest BCUT2D eigenvalue weighted by molar-refractivity contribution is -0.141. The van der Waals surface area contributed by atoms with E-state index in [9.17, 15) is 30.8 Å². The molecule has 1 aliphatic rings. The molecule has 204 valence electrons. The third-order valence-corrected chi connectivity index (χ3v) is 7.64. The smallest absolute Gasteiger partial charge is 0.381 e. The average molecular weight is 547 g/mol. The number of carbonyl (C=O) groups excluding carboxylic acids is 1. The van der Waals surface area contributed by atoms with Crippen LogP contribution in [0.15, 0.2) is 30.3 Å². The quantitative estimate of drug-likeness (QED) is 0.489. The van der Waals surface area contributed by atoms with Crippen LogP contribution < -0.4 is 16.0 Å². The van der Waals surface area contributed by atoms with Gasteiger partial charge in [0.2, 0.25) is 5.91 Å². The lowest BCUT2D eigenvalue weighted by Crippen LogP contribution is -2.38. The number of hydrogen-bond acceptors (Lipinski definition) is 7. The molecule has 1 aromatic heterocycles. The number of nitrogens with two attached hydrogens (primary N) is 1. The predicted molar refractivity (Wildman–Crippen MR) is 130 cm³/mol. The van der Waals surface area contributed by atoms with E-state index < -0.39 is 44.7 Å². The Balaban J connectivity index is 1.77. The van der Waals surface area contributed by atoms with Gasteiger partial charge in [-0.1, -0.05) is 18.2 Å². The van der Waals surface area contributed by atoms with Gasteiger partial charge in [-0.25, -0.2) is 17.8 Å².